The maximum Gasteiger partial charge on any atom is 0.408 e. The van der Waals surface area contributed by atoms with E-state index in [9.17, 15) is 19.2 Å². The lowest BCUT2D eigenvalue weighted by Crippen LogP contribution is -2.60. The molecule has 2 unspecified atom stereocenters. The van der Waals surface area contributed by atoms with Crippen molar-refractivity contribution in [3.05, 3.63) is 34.9 Å². The largest absolute Gasteiger partial charge is 0.444 e. The summed E-state index contributed by atoms with van der Waals surface area (Å²) in [6.07, 6.45) is -0.436. The molecule has 0 spiro atoms. The van der Waals surface area contributed by atoms with Gasteiger partial charge in [-0.25, -0.2) is 4.79 Å². The maximum atomic E-state index is 14.4. The van der Waals surface area contributed by atoms with Crippen LogP contribution in [0.3, 0.4) is 0 Å². The van der Waals surface area contributed by atoms with Gasteiger partial charge in [-0.1, -0.05) is 30.7 Å². The molecule has 1 rings (SSSR count). The van der Waals surface area contributed by atoms with Crippen LogP contribution < -0.4 is 16.4 Å². The molecule has 0 aliphatic carbocycles. The Morgan fingerprint density at radius 2 is 1.58 bits per heavy atom. The molecule has 0 bridgehead atoms. The van der Waals surface area contributed by atoms with E-state index < -0.39 is 46.7 Å². The Morgan fingerprint density at radius 1 is 1.00 bits per heavy atom. The number of benzene rings is 1. The van der Waals surface area contributed by atoms with E-state index in [0.29, 0.717) is 12.0 Å². The fraction of sp³-hybridized carbons (Fsp3) is 0.655. The number of alkyl carbamates (subject to hydrolysis) is 1. The molecule has 0 saturated carbocycles. The van der Waals surface area contributed by atoms with Crippen LogP contribution in [0.2, 0.25) is 0 Å². The number of ether oxygens (including phenoxy) is 1. The number of rotatable bonds is 10. The second-order valence-electron chi connectivity index (χ2n) is 12.6. The van der Waals surface area contributed by atoms with Gasteiger partial charge in [0.05, 0.1) is 0 Å². The lowest BCUT2D eigenvalue weighted by atomic mass is 9.89. The monoisotopic (exact) mass is 532 g/mol. The van der Waals surface area contributed by atoms with E-state index in [-0.39, 0.29) is 18.7 Å². The van der Waals surface area contributed by atoms with Crippen molar-refractivity contribution in [1.82, 2.24) is 15.5 Å². The number of nitrogens with zero attached hydrogens (tertiary/aromatic N) is 1. The minimum absolute atomic E-state index is 0.0376. The molecular weight excluding hydrogens is 484 g/mol. The van der Waals surface area contributed by atoms with E-state index in [2.05, 4.69) is 10.6 Å². The molecule has 214 valence electrons. The number of hydrogen-bond donors (Lipinski definition) is 3. The van der Waals surface area contributed by atoms with Crippen molar-refractivity contribution in [3.63, 3.8) is 0 Å². The third kappa shape index (κ3) is 9.99. The van der Waals surface area contributed by atoms with Crippen LogP contribution in [-0.4, -0.2) is 51.4 Å². The Labute approximate surface area is 228 Å². The zero-order valence-corrected chi connectivity index (χ0v) is 25.1. The van der Waals surface area contributed by atoms with Crippen LogP contribution in [0, 0.1) is 13.8 Å². The van der Waals surface area contributed by atoms with Crippen LogP contribution in [0.25, 0.3) is 0 Å². The summed E-state index contributed by atoms with van der Waals surface area (Å²) in [5, 5.41) is 5.67. The van der Waals surface area contributed by atoms with Crippen LogP contribution >= 0.6 is 0 Å². The highest BCUT2D eigenvalue weighted by Gasteiger charge is 2.44. The average Bonchev–Trinajstić information content (AvgIpc) is 2.73. The first kappa shape index (κ1) is 32.9. The predicted octanol–water partition coefficient (Wildman–Crippen LogP) is 4.44. The Hall–Kier alpha value is -3.10. The zero-order valence-electron chi connectivity index (χ0n) is 25.1. The van der Waals surface area contributed by atoms with Gasteiger partial charge in [0.15, 0.2) is 0 Å². The molecular formula is C29H48N4O5. The molecule has 1 aromatic rings. The van der Waals surface area contributed by atoms with Crippen molar-refractivity contribution in [2.75, 3.05) is 0 Å². The summed E-state index contributed by atoms with van der Waals surface area (Å²) in [5.41, 5.74) is 5.73. The molecule has 4 N–H and O–H groups in total. The second-order valence-corrected chi connectivity index (χ2v) is 12.6. The van der Waals surface area contributed by atoms with Gasteiger partial charge >= 0.3 is 6.09 Å². The molecule has 0 fully saturated rings. The zero-order chi connectivity index (χ0) is 29.6. The molecule has 0 heterocycles. The summed E-state index contributed by atoms with van der Waals surface area (Å²) in [7, 11) is 0. The summed E-state index contributed by atoms with van der Waals surface area (Å²) >= 11 is 0. The average molecular weight is 533 g/mol. The van der Waals surface area contributed by atoms with E-state index >= 15 is 0 Å². The second kappa shape index (κ2) is 12.6. The van der Waals surface area contributed by atoms with E-state index in [1.165, 1.54) is 0 Å². The van der Waals surface area contributed by atoms with Gasteiger partial charge in [0, 0.05) is 17.5 Å². The number of carbonyl (C=O) groups is 4. The van der Waals surface area contributed by atoms with Crippen LogP contribution in [-0.2, 0) is 19.1 Å². The highest BCUT2D eigenvalue weighted by molar-refractivity contribution is 5.93. The third-order valence-corrected chi connectivity index (χ3v) is 6.16. The first-order valence-electron chi connectivity index (χ1n) is 13.2. The van der Waals surface area contributed by atoms with Gasteiger partial charge < -0.3 is 26.0 Å². The molecule has 0 radical (unpaired) electrons. The predicted molar refractivity (Wildman–Crippen MR) is 149 cm³/mol. The number of amides is 4. The molecule has 4 amide bonds. The van der Waals surface area contributed by atoms with Crippen LogP contribution in [0.1, 0.15) is 104 Å². The fourth-order valence-corrected chi connectivity index (χ4v) is 4.00. The van der Waals surface area contributed by atoms with Crippen molar-refractivity contribution in [3.8, 4) is 0 Å². The van der Waals surface area contributed by atoms with Gasteiger partial charge in [-0.3, -0.25) is 14.4 Å². The molecule has 2 atom stereocenters. The highest BCUT2D eigenvalue weighted by Crippen LogP contribution is 2.34. The molecule has 0 aliphatic heterocycles. The molecule has 38 heavy (non-hydrogen) atoms. The summed E-state index contributed by atoms with van der Waals surface area (Å²) in [4.78, 5) is 54.2. The maximum absolute atomic E-state index is 14.4. The van der Waals surface area contributed by atoms with Crippen LogP contribution in [0.15, 0.2) is 18.2 Å². The van der Waals surface area contributed by atoms with Gasteiger partial charge in [0.25, 0.3) is 0 Å². The Morgan fingerprint density at radius 3 is 2.05 bits per heavy atom. The normalized spacial score (nSPS) is 13.8. The van der Waals surface area contributed by atoms with Crippen molar-refractivity contribution < 1.29 is 23.9 Å². The number of aryl methyl sites for hydroxylation is 2. The number of hydrogen-bond acceptors (Lipinski definition) is 5. The van der Waals surface area contributed by atoms with Gasteiger partial charge in [0.1, 0.15) is 17.7 Å². The van der Waals surface area contributed by atoms with E-state index in [1.54, 1.807) is 25.7 Å². The van der Waals surface area contributed by atoms with Gasteiger partial charge in [-0.15, -0.1) is 0 Å². The topological polar surface area (TPSA) is 131 Å². The Kier molecular flexibility index (Phi) is 10.9. The van der Waals surface area contributed by atoms with Crippen molar-refractivity contribution in [1.29, 1.82) is 0 Å². The van der Waals surface area contributed by atoms with E-state index in [1.807, 2.05) is 73.6 Å². The quantitative estimate of drug-likeness (QED) is 0.410. The first-order valence-corrected chi connectivity index (χ1v) is 13.2. The number of nitrogens with one attached hydrogen (secondary N) is 2. The standard InChI is InChI=1S/C29H48N4O5/c1-12-29(10,11)33(25(36)21(15-16-22(30)34)31-26(37)38-28(7,8)9)23(24(35)32-27(4,5)6)20-17-18(2)13-14-19(20)3/h13-14,17,21,23H,12,15-16H2,1-11H3,(H2,30,34)(H,31,37)(H,32,35). The summed E-state index contributed by atoms with van der Waals surface area (Å²) < 4.78 is 5.39. The smallest absolute Gasteiger partial charge is 0.408 e. The minimum atomic E-state index is -1.14. The van der Waals surface area contributed by atoms with E-state index in [4.69, 9.17) is 10.5 Å². The highest BCUT2D eigenvalue weighted by atomic mass is 16.6. The van der Waals surface area contributed by atoms with Gasteiger partial charge in [0.2, 0.25) is 17.7 Å². The molecule has 9 heteroatoms. The summed E-state index contributed by atoms with van der Waals surface area (Å²) in [6.45, 7) is 20.3. The van der Waals surface area contributed by atoms with Crippen LogP contribution in [0.4, 0.5) is 4.79 Å². The molecule has 0 aliphatic rings. The number of carbonyl (C=O) groups excluding carboxylic acids is 4. The van der Waals surface area contributed by atoms with Crippen molar-refractivity contribution in [2.24, 2.45) is 5.73 Å². The SMILES string of the molecule is CCC(C)(C)N(C(=O)C(CCC(N)=O)NC(=O)OC(C)(C)C)C(C(=O)NC(C)(C)C)c1cc(C)ccc1C. The summed E-state index contributed by atoms with van der Waals surface area (Å²) in [6, 6.07) is 3.65. The number of primary amides is 1. The van der Waals surface area contributed by atoms with Crippen molar-refractivity contribution >= 4 is 23.8 Å². The molecule has 1 aromatic carbocycles. The first-order chi connectivity index (χ1) is 17.2. The minimum Gasteiger partial charge on any atom is -0.444 e. The molecule has 0 aromatic heterocycles. The van der Waals surface area contributed by atoms with Gasteiger partial charge in [-0.2, -0.15) is 0 Å². The Balaban J connectivity index is 3.78. The number of nitrogens with two attached hydrogens (primary N) is 1. The van der Waals surface area contributed by atoms with Crippen molar-refractivity contribution in [2.45, 2.75) is 124 Å². The van der Waals surface area contributed by atoms with Gasteiger partial charge in [-0.05, 0) is 93.2 Å². The Bertz CT molecular complexity index is 1020. The summed E-state index contributed by atoms with van der Waals surface area (Å²) in [5.74, 6) is -1.45. The molecule has 9 nitrogen and oxygen atoms in total. The van der Waals surface area contributed by atoms with Crippen LogP contribution in [0.5, 0.6) is 0 Å². The van der Waals surface area contributed by atoms with E-state index in [0.717, 1.165) is 11.1 Å². The third-order valence-electron chi connectivity index (χ3n) is 6.16. The lowest BCUT2D eigenvalue weighted by molar-refractivity contribution is -0.150. The lowest BCUT2D eigenvalue weighted by Gasteiger charge is -2.45. The fourth-order valence-electron chi connectivity index (χ4n) is 4.00. The molecule has 0 saturated heterocycles.